The van der Waals surface area contributed by atoms with Crippen molar-refractivity contribution >= 4 is 51.2 Å². The number of hydrogen-bond acceptors (Lipinski definition) is 4. The Balaban J connectivity index is 2.35. The summed E-state index contributed by atoms with van der Waals surface area (Å²) in [6, 6.07) is 4.12. The van der Waals surface area contributed by atoms with Crippen LogP contribution in [-0.2, 0) is 5.75 Å². The number of aromatic nitrogens is 1. The topological polar surface area (TPSA) is 12.9 Å². The summed E-state index contributed by atoms with van der Waals surface area (Å²) in [5.41, 5.74) is 1.05. The third-order valence-corrected chi connectivity index (χ3v) is 4.51. The molecular weight excluding hydrogens is 286 g/mol. The fourth-order valence-corrected chi connectivity index (χ4v) is 3.49. The van der Waals surface area contributed by atoms with Crippen LogP contribution in [-0.4, -0.2) is 4.98 Å². The highest BCUT2D eigenvalue weighted by atomic mass is 79.9. The maximum atomic E-state index is 4.44. The third-order valence-electron chi connectivity index (χ3n) is 1.50. The molecule has 0 spiro atoms. The number of halogens is 1. The van der Waals surface area contributed by atoms with E-state index in [0.29, 0.717) is 5.75 Å². The van der Waals surface area contributed by atoms with Crippen molar-refractivity contribution in [1.29, 1.82) is 0 Å². The molecule has 0 aliphatic carbocycles. The lowest BCUT2D eigenvalue weighted by atomic mass is 10.5. The second-order valence-corrected chi connectivity index (χ2v) is 6.04. The SMILES string of the molecule is SCc1csc(-c2ccc(Br)s2)n1. The van der Waals surface area contributed by atoms with Gasteiger partial charge in [-0.15, -0.1) is 22.7 Å². The normalized spacial score (nSPS) is 10.6. The van der Waals surface area contributed by atoms with Crippen molar-refractivity contribution in [1.82, 2.24) is 4.98 Å². The number of thiazole rings is 1. The molecule has 0 amide bonds. The lowest BCUT2D eigenvalue weighted by molar-refractivity contribution is 1.25. The number of nitrogens with zero attached hydrogens (tertiary/aromatic N) is 1. The van der Waals surface area contributed by atoms with Crippen LogP contribution in [0.1, 0.15) is 5.69 Å². The van der Waals surface area contributed by atoms with Gasteiger partial charge in [-0.05, 0) is 28.1 Å². The average molecular weight is 292 g/mol. The van der Waals surface area contributed by atoms with Gasteiger partial charge in [0.15, 0.2) is 0 Å². The molecule has 0 bridgehead atoms. The van der Waals surface area contributed by atoms with Crippen molar-refractivity contribution < 1.29 is 0 Å². The predicted molar refractivity (Wildman–Crippen MR) is 65.8 cm³/mol. The van der Waals surface area contributed by atoms with Crippen LogP contribution in [0.5, 0.6) is 0 Å². The zero-order chi connectivity index (χ0) is 9.26. The highest BCUT2D eigenvalue weighted by Gasteiger charge is 2.05. The molecule has 0 N–H and O–H groups in total. The zero-order valence-corrected chi connectivity index (χ0v) is 10.6. The summed E-state index contributed by atoms with van der Waals surface area (Å²) in [6.45, 7) is 0. The molecular formula is C8H6BrNS3. The van der Waals surface area contributed by atoms with Crippen LogP contribution >= 0.6 is 51.2 Å². The highest BCUT2D eigenvalue weighted by Crippen LogP contribution is 2.33. The fourth-order valence-electron chi connectivity index (χ4n) is 0.922. The van der Waals surface area contributed by atoms with Gasteiger partial charge in [-0.25, -0.2) is 4.98 Å². The van der Waals surface area contributed by atoms with Crippen LogP contribution in [0.25, 0.3) is 9.88 Å². The van der Waals surface area contributed by atoms with Gasteiger partial charge < -0.3 is 0 Å². The monoisotopic (exact) mass is 291 g/mol. The molecule has 0 aromatic carbocycles. The first-order valence-corrected chi connectivity index (χ1v) is 6.73. The molecule has 0 radical (unpaired) electrons. The molecule has 0 unspecified atom stereocenters. The first-order valence-electron chi connectivity index (χ1n) is 3.60. The van der Waals surface area contributed by atoms with Gasteiger partial charge >= 0.3 is 0 Å². The molecule has 68 valence electrons. The van der Waals surface area contributed by atoms with E-state index in [4.69, 9.17) is 0 Å². The van der Waals surface area contributed by atoms with Gasteiger partial charge in [0.25, 0.3) is 0 Å². The Labute approximate surface area is 98.4 Å². The van der Waals surface area contributed by atoms with Gasteiger partial charge in [-0.1, -0.05) is 0 Å². The molecule has 0 fully saturated rings. The van der Waals surface area contributed by atoms with E-state index < -0.39 is 0 Å². The second kappa shape index (κ2) is 4.13. The van der Waals surface area contributed by atoms with Gasteiger partial charge in [-0.3, -0.25) is 0 Å². The minimum absolute atomic E-state index is 0.711. The average Bonchev–Trinajstić information content (AvgIpc) is 2.71. The summed E-state index contributed by atoms with van der Waals surface area (Å²) >= 11 is 11.0. The van der Waals surface area contributed by atoms with Crippen molar-refractivity contribution in [3.63, 3.8) is 0 Å². The third kappa shape index (κ3) is 2.15. The minimum Gasteiger partial charge on any atom is -0.239 e. The van der Waals surface area contributed by atoms with Gasteiger partial charge in [0, 0.05) is 11.1 Å². The number of rotatable bonds is 2. The van der Waals surface area contributed by atoms with Crippen molar-refractivity contribution in [3.8, 4) is 9.88 Å². The maximum absolute atomic E-state index is 4.44. The van der Waals surface area contributed by atoms with E-state index in [1.54, 1.807) is 22.7 Å². The smallest absolute Gasteiger partial charge is 0.133 e. The van der Waals surface area contributed by atoms with E-state index in [1.807, 2.05) is 6.07 Å². The summed E-state index contributed by atoms with van der Waals surface area (Å²) in [6.07, 6.45) is 0. The maximum Gasteiger partial charge on any atom is 0.133 e. The van der Waals surface area contributed by atoms with E-state index in [1.165, 1.54) is 4.88 Å². The molecule has 5 heteroatoms. The van der Waals surface area contributed by atoms with Crippen LogP contribution < -0.4 is 0 Å². The summed E-state index contributed by atoms with van der Waals surface area (Å²) in [5.74, 6) is 0.711. The summed E-state index contributed by atoms with van der Waals surface area (Å²) in [7, 11) is 0. The van der Waals surface area contributed by atoms with Crippen LogP contribution in [0.15, 0.2) is 21.3 Å². The largest absolute Gasteiger partial charge is 0.239 e. The Hall–Kier alpha value is 0.160. The molecule has 0 aliphatic heterocycles. The minimum atomic E-state index is 0.711. The standard InChI is InChI=1S/C8H6BrNS3/c9-7-2-1-6(13-7)8-10-5(3-11)4-12-8/h1-2,4,11H,3H2. The lowest BCUT2D eigenvalue weighted by Gasteiger charge is -1.86. The summed E-state index contributed by atoms with van der Waals surface area (Å²) in [4.78, 5) is 5.66. The first-order chi connectivity index (χ1) is 6.29. The Morgan fingerprint density at radius 1 is 1.46 bits per heavy atom. The summed E-state index contributed by atoms with van der Waals surface area (Å²) < 4.78 is 1.14. The van der Waals surface area contributed by atoms with Crippen molar-refractivity contribution in [2.45, 2.75) is 5.75 Å². The Morgan fingerprint density at radius 3 is 2.85 bits per heavy atom. The quantitative estimate of drug-likeness (QED) is 0.823. The Morgan fingerprint density at radius 2 is 2.31 bits per heavy atom. The van der Waals surface area contributed by atoms with Gasteiger partial charge in [0.1, 0.15) is 5.01 Å². The van der Waals surface area contributed by atoms with Crippen LogP contribution in [0.2, 0.25) is 0 Å². The molecule has 0 saturated heterocycles. The van der Waals surface area contributed by atoms with E-state index in [2.05, 4.69) is 45.0 Å². The van der Waals surface area contributed by atoms with Crippen LogP contribution in [0.3, 0.4) is 0 Å². The molecule has 2 heterocycles. The molecule has 2 rings (SSSR count). The zero-order valence-electron chi connectivity index (χ0n) is 6.53. The molecule has 2 aromatic rings. The van der Waals surface area contributed by atoms with Crippen molar-refractivity contribution in [2.75, 3.05) is 0 Å². The first kappa shape index (κ1) is 9.71. The summed E-state index contributed by atoms with van der Waals surface area (Å²) in [5, 5.41) is 3.13. The molecule has 0 atom stereocenters. The van der Waals surface area contributed by atoms with E-state index in [0.717, 1.165) is 14.5 Å². The molecule has 1 nitrogen and oxygen atoms in total. The van der Waals surface area contributed by atoms with Gasteiger partial charge in [0.05, 0.1) is 14.4 Å². The van der Waals surface area contributed by atoms with Crippen LogP contribution in [0.4, 0.5) is 0 Å². The van der Waals surface area contributed by atoms with Gasteiger partial charge in [-0.2, -0.15) is 12.6 Å². The van der Waals surface area contributed by atoms with E-state index in [9.17, 15) is 0 Å². The molecule has 13 heavy (non-hydrogen) atoms. The number of hydrogen-bond donors (Lipinski definition) is 1. The highest BCUT2D eigenvalue weighted by molar-refractivity contribution is 9.11. The molecule has 0 aliphatic rings. The number of thiophene rings is 1. The van der Waals surface area contributed by atoms with E-state index in [-0.39, 0.29) is 0 Å². The fraction of sp³-hybridized carbons (Fsp3) is 0.125. The predicted octanol–water partition coefficient (Wildman–Crippen LogP) is 4.06. The Bertz CT molecular complexity index is 407. The van der Waals surface area contributed by atoms with E-state index >= 15 is 0 Å². The lowest BCUT2D eigenvalue weighted by Crippen LogP contribution is -1.75. The second-order valence-electron chi connectivity index (χ2n) is 2.41. The van der Waals surface area contributed by atoms with Crippen LogP contribution in [0, 0.1) is 0 Å². The molecule has 2 aromatic heterocycles. The number of thiol groups is 1. The van der Waals surface area contributed by atoms with Crippen molar-refractivity contribution in [3.05, 3.63) is 27.0 Å². The molecule has 0 saturated carbocycles. The van der Waals surface area contributed by atoms with Gasteiger partial charge in [0.2, 0.25) is 0 Å². The van der Waals surface area contributed by atoms with Crippen molar-refractivity contribution in [2.24, 2.45) is 0 Å². The Kier molecular flexibility index (Phi) is 3.08.